The molecule has 0 atom stereocenters. The fourth-order valence-corrected chi connectivity index (χ4v) is 0.958. The van der Waals surface area contributed by atoms with Gasteiger partial charge in [-0.1, -0.05) is 0 Å². The molecule has 0 spiro atoms. The van der Waals surface area contributed by atoms with Crippen LogP contribution in [0.25, 0.3) is 0 Å². The van der Waals surface area contributed by atoms with Crippen LogP contribution in [0.1, 0.15) is 17.7 Å². The van der Waals surface area contributed by atoms with Crippen molar-refractivity contribution < 1.29 is 31.8 Å². The summed E-state index contributed by atoms with van der Waals surface area (Å²) in [5.41, 5.74) is -2.09. The predicted molar refractivity (Wildman–Crippen MR) is 42.3 cm³/mol. The number of aromatic nitrogens is 1. The summed E-state index contributed by atoms with van der Waals surface area (Å²) in [6.45, 7) is 0. The summed E-state index contributed by atoms with van der Waals surface area (Å²) in [4.78, 5) is 3.07. The molecule has 0 saturated heterocycles. The summed E-state index contributed by atoms with van der Waals surface area (Å²) in [5.74, 6) is -2.89. The van der Waals surface area contributed by atoms with E-state index < -0.39 is 35.5 Å². The molecule has 1 aromatic heterocycles. The van der Waals surface area contributed by atoms with E-state index in [-0.39, 0.29) is 0 Å². The second kappa shape index (κ2) is 4.40. The van der Waals surface area contributed by atoms with E-state index in [0.717, 1.165) is 0 Å². The molecule has 0 saturated carbocycles. The van der Waals surface area contributed by atoms with E-state index in [2.05, 4.69) is 9.72 Å². The van der Waals surface area contributed by atoms with Crippen molar-refractivity contribution in [1.29, 1.82) is 5.26 Å². The first-order valence-electron chi connectivity index (χ1n) is 3.92. The van der Waals surface area contributed by atoms with Gasteiger partial charge < -0.3 is 9.84 Å². The van der Waals surface area contributed by atoms with Crippen molar-refractivity contribution >= 4 is 0 Å². The fraction of sp³-hybridized carbons (Fsp3) is 0.250. The van der Waals surface area contributed by atoms with Gasteiger partial charge >= 0.3 is 6.36 Å². The highest BCUT2D eigenvalue weighted by Crippen LogP contribution is 2.40. The molecule has 92 valence electrons. The van der Waals surface area contributed by atoms with Gasteiger partial charge in [-0.25, -0.2) is 13.8 Å². The van der Waals surface area contributed by atoms with Gasteiger partial charge in [0.15, 0.2) is 17.2 Å². The van der Waals surface area contributed by atoms with Crippen LogP contribution in [0.5, 0.6) is 11.5 Å². The first-order chi connectivity index (χ1) is 7.76. The number of rotatable bonds is 2. The Bertz CT molecular complexity index is 466. The van der Waals surface area contributed by atoms with E-state index in [4.69, 9.17) is 10.4 Å². The lowest BCUT2D eigenvalue weighted by Gasteiger charge is -2.14. The molecule has 0 aliphatic heterocycles. The molecule has 4 nitrogen and oxygen atoms in total. The van der Waals surface area contributed by atoms with Gasteiger partial charge in [0.05, 0.1) is 5.56 Å². The van der Waals surface area contributed by atoms with Crippen LogP contribution in [0.2, 0.25) is 0 Å². The molecule has 1 heterocycles. The Labute approximate surface area is 90.9 Å². The standard InChI is InChI=1S/C8H3F5N2O2/c9-7(10)3-2-15-4(1-14)5(16)6(3)17-8(11,12)13/h2,7,16H. The summed E-state index contributed by atoms with van der Waals surface area (Å²) in [7, 11) is 0. The number of aromatic hydroxyl groups is 1. The number of hydrogen-bond donors (Lipinski definition) is 1. The molecule has 9 heteroatoms. The maximum atomic E-state index is 12.3. The zero-order valence-electron chi connectivity index (χ0n) is 7.79. The topological polar surface area (TPSA) is 66.1 Å². The van der Waals surface area contributed by atoms with Gasteiger partial charge in [0.25, 0.3) is 6.43 Å². The summed E-state index contributed by atoms with van der Waals surface area (Å²) < 4.78 is 63.7. The number of pyridine rings is 1. The van der Waals surface area contributed by atoms with Crippen LogP contribution in [-0.2, 0) is 0 Å². The zero-order valence-corrected chi connectivity index (χ0v) is 7.79. The fourth-order valence-electron chi connectivity index (χ4n) is 0.958. The van der Waals surface area contributed by atoms with Crippen molar-refractivity contribution in [3.63, 3.8) is 0 Å². The molecule has 1 aromatic rings. The van der Waals surface area contributed by atoms with E-state index in [0.29, 0.717) is 6.20 Å². The van der Waals surface area contributed by atoms with Gasteiger partial charge in [-0.15, -0.1) is 13.2 Å². The van der Waals surface area contributed by atoms with Crippen molar-refractivity contribution in [2.75, 3.05) is 0 Å². The maximum Gasteiger partial charge on any atom is 0.573 e. The van der Waals surface area contributed by atoms with Gasteiger partial charge in [-0.3, -0.25) is 0 Å². The summed E-state index contributed by atoms with van der Waals surface area (Å²) >= 11 is 0. The summed E-state index contributed by atoms with van der Waals surface area (Å²) in [5, 5.41) is 17.5. The van der Waals surface area contributed by atoms with Crippen molar-refractivity contribution in [3.8, 4) is 17.6 Å². The minimum absolute atomic E-state index is 0.337. The highest BCUT2D eigenvalue weighted by molar-refractivity contribution is 5.52. The second-order valence-electron chi connectivity index (χ2n) is 2.70. The average Bonchev–Trinajstić information content (AvgIpc) is 2.18. The first kappa shape index (κ1) is 13.0. The molecule has 1 rings (SSSR count). The molecular weight excluding hydrogens is 251 g/mol. The van der Waals surface area contributed by atoms with E-state index in [1.54, 1.807) is 0 Å². The predicted octanol–water partition coefficient (Wildman–Crippen LogP) is 2.50. The Kier molecular flexibility index (Phi) is 3.36. The minimum atomic E-state index is -5.27. The summed E-state index contributed by atoms with van der Waals surface area (Å²) in [6, 6.07) is 1.23. The van der Waals surface area contributed by atoms with Crippen molar-refractivity contribution in [1.82, 2.24) is 4.98 Å². The molecule has 0 amide bonds. The van der Waals surface area contributed by atoms with Crippen molar-refractivity contribution in [2.45, 2.75) is 12.8 Å². The molecule has 0 radical (unpaired) electrons. The molecule has 0 bridgehead atoms. The van der Waals surface area contributed by atoms with Gasteiger partial charge in [0.2, 0.25) is 0 Å². The molecule has 0 aliphatic rings. The van der Waals surface area contributed by atoms with E-state index in [9.17, 15) is 22.0 Å². The molecule has 0 unspecified atom stereocenters. The Morgan fingerprint density at radius 2 is 2.00 bits per heavy atom. The molecule has 1 N–H and O–H groups in total. The molecule has 0 aliphatic carbocycles. The Morgan fingerprint density at radius 3 is 2.41 bits per heavy atom. The number of halogens is 5. The van der Waals surface area contributed by atoms with Crippen LogP contribution in [-0.4, -0.2) is 16.5 Å². The lowest BCUT2D eigenvalue weighted by Crippen LogP contribution is -2.18. The van der Waals surface area contributed by atoms with E-state index in [1.807, 2.05) is 0 Å². The van der Waals surface area contributed by atoms with E-state index >= 15 is 0 Å². The number of nitriles is 1. The SMILES string of the molecule is N#Cc1ncc(C(F)F)c(OC(F)(F)F)c1O. The van der Waals surface area contributed by atoms with Gasteiger partial charge in [-0.2, -0.15) is 5.26 Å². The normalized spacial score (nSPS) is 11.4. The Hall–Kier alpha value is -2.11. The zero-order chi connectivity index (χ0) is 13.2. The lowest BCUT2D eigenvalue weighted by atomic mass is 10.2. The van der Waals surface area contributed by atoms with Crippen LogP contribution in [0.4, 0.5) is 22.0 Å². The van der Waals surface area contributed by atoms with Crippen LogP contribution >= 0.6 is 0 Å². The third-order valence-corrected chi connectivity index (χ3v) is 1.59. The minimum Gasteiger partial charge on any atom is -0.502 e. The number of ether oxygens (including phenoxy) is 1. The second-order valence-corrected chi connectivity index (χ2v) is 2.70. The smallest absolute Gasteiger partial charge is 0.502 e. The molecule has 17 heavy (non-hydrogen) atoms. The number of hydrogen-bond acceptors (Lipinski definition) is 4. The number of nitrogens with zero attached hydrogens (tertiary/aromatic N) is 2. The van der Waals surface area contributed by atoms with Crippen LogP contribution in [0.15, 0.2) is 6.20 Å². The monoisotopic (exact) mass is 254 g/mol. The van der Waals surface area contributed by atoms with Gasteiger partial charge in [0, 0.05) is 6.20 Å². The highest BCUT2D eigenvalue weighted by atomic mass is 19.4. The van der Waals surface area contributed by atoms with Crippen LogP contribution < -0.4 is 4.74 Å². The van der Waals surface area contributed by atoms with Crippen molar-refractivity contribution in [3.05, 3.63) is 17.5 Å². The lowest BCUT2D eigenvalue weighted by molar-refractivity contribution is -0.275. The summed E-state index contributed by atoms with van der Waals surface area (Å²) in [6.07, 6.45) is -8.27. The first-order valence-corrected chi connectivity index (χ1v) is 3.92. The third-order valence-electron chi connectivity index (χ3n) is 1.59. The van der Waals surface area contributed by atoms with E-state index in [1.165, 1.54) is 6.07 Å². The molecular formula is C8H3F5N2O2. The quantitative estimate of drug-likeness (QED) is 0.823. The van der Waals surface area contributed by atoms with Crippen molar-refractivity contribution in [2.24, 2.45) is 0 Å². The number of alkyl halides is 5. The molecule has 0 fully saturated rings. The Morgan fingerprint density at radius 1 is 1.41 bits per heavy atom. The van der Waals surface area contributed by atoms with Crippen LogP contribution in [0.3, 0.4) is 0 Å². The third kappa shape index (κ3) is 2.93. The van der Waals surface area contributed by atoms with Crippen LogP contribution in [0, 0.1) is 11.3 Å². The molecule has 0 aromatic carbocycles. The largest absolute Gasteiger partial charge is 0.573 e. The maximum absolute atomic E-state index is 12.3. The van der Waals surface area contributed by atoms with Gasteiger partial charge in [0.1, 0.15) is 6.07 Å². The van der Waals surface area contributed by atoms with Gasteiger partial charge in [-0.05, 0) is 0 Å². The Balaban J connectivity index is 3.36. The average molecular weight is 254 g/mol. The highest BCUT2D eigenvalue weighted by Gasteiger charge is 2.35.